The normalized spacial score (nSPS) is 16.2. The highest BCUT2D eigenvalue weighted by atomic mass is 16.3. The Bertz CT molecular complexity index is 2500. The second kappa shape index (κ2) is 13.9. The van der Waals surface area contributed by atoms with Crippen molar-refractivity contribution in [2.45, 2.75) is 69.6 Å². The van der Waals surface area contributed by atoms with Crippen molar-refractivity contribution in [3.63, 3.8) is 0 Å². The van der Waals surface area contributed by atoms with Crippen molar-refractivity contribution in [2.24, 2.45) is 5.73 Å². The summed E-state index contributed by atoms with van der Waals surface area (Å²) in [6, 6.07) is 33.0. The number of nitrogens with two attached hydrogens (primary N) is 1. The predicted octanol–water partition coefficient (Wildman–Crippen LogP) is 9.23. The molecule has 0 radical (unpaired) electrons. The second-order valence-corrected chi connectivity index (χ2v) is 15.8. The minimum atomic E-state index is -0.507. The van der Waals surface area contributed by atoms with Gasteiger partial charge >= 0.3 is 0 Å². The molecule has 2 aliphatic carbocycles. The summed E-state index contributed by atoms with van der Waals surface area (Å²) in [6.07, 6.45) is 15.2. The molecule has 9 heteroatoms. The third-order valence-corrected chi connectivity index (χ3v) is 11.6. The molecular weight excluding hydrogens is 695 g/mol. The zero-order chi connectivity index (χ0) is 38.6. The van der Waals surface area contributed by atoms with Crippen LogP contribution < -0.4 is 5.73 Å². The van der Waals surface area contributed by atoms with Crippen LogP contribution in [0, 0.1) is 0 Å². The van der Waals surface area contributed by atoms with Crippen LogP contribution in [0.2, 0.25) is 0 Å². The molecule has 0 bridgehead atoms. The summed E-state index contributed by atoms with van der Waals surface area (Å²) in [5.74, 6) is 0. The van der Waals surface area contributed by atoms with E-state index in [1.54, 1.807) is 18.4 Å². The fourth-order valence-corrected chi connectivity index (χ4v) is 7.35. The summed E-state index contributed by atoms with van der Waals surface area (Å²) in [6.45, 7) is 5.86. The first-order valence-electron chi connectivity index (χ1n) is 19.3. The smallest absolute Gasteiger partial charge is 0.162 e. The molecule has 56 heavy (non-hydrogen) atoms. The number of rotatable bonds is 8. The second-order valence-electron chi connectivity index (χ2n) is 15.8. The average molecular weight is 740 g/mol. The summed E-state index contributed by atoms with van der Waals surface area (Å²) in [7, 11) is 0. The molecule has 9 nitrogen and oxygen atoms in total. The van der Waals surface area contributed by atoms with E-state index in [9.17, 15) is 10.2 Å². The number of nitrogens with zero attached hydrogens (tertiary/aromatic N) is 6. The van der Waals surface area contributed by atoms with E-state index in [0.717, 1.165) is 79.8 Å². The average Bonchev–Trinajstić information content (AvgIpc) is 4.07. The Hall–Kier alpha value is -6.00. The third kappa shape index (κ3) is 6.90. The van der Waals surface area contributed by atoms with Crippen LogP contribution in [0.3, 0.4) is 0 Å². The molecule has 2 saturated carbocycles. The Labute approximate surface area is 326 Å². The van der Waals surface area contributed by atoms with Gasteiger partial charge in [-0.15, -0.1) is 0 Å². The minimum absolute atomic E-state index is 0.113. The monoisotopic (exact) mass is 739 g/mol. The molecule has 2 atom stereocenters. The zero-order valence-electron chi connectivity index (χ0n) is 31.8. The number of benzene rings is 4. The maximum atomic E-state index is 9.86. The van der Waals surface area contributed by atoms with Gasteiger partial charge in [-0.2, -0.15) is 10.2 Å². The van der Waals surface area contributed by atoms with Gasteiger partial charge in [0.2, 0.25) is 0 Å². The fraction of sp³-hybridized carbons (Fsp3) is 0.234. The van der Waals surface area contributed by atoms with Gasteiger partial charge in [-0.1, -0.05) is 91.9 Å². The lowest BCUT2D eigenvalue weighted by molar-refractivity contribution is 0.199. The Morgan fingerprint density at radius 3 is 1.41 bits per heavy atom. The Balaban J connectivity index is 0.000000146. The number of hydrogen-bond donors (Lipinski definition) is 3. The Morgan fingerprint density at radius 2 is 1.00 bits per heavy atom. The summed E-state index contributed by atoms with van der Waals surface area (Å²) < 4.78 is 3.63. The molecule has 4 N–H and O–H groups in total. The van der Waals surface area contributed by atoms with Gasteiger partial charge in [0, 0.05) is 52.6 Å². The largest absolute Gasteiger partial charge is 0.389 e. The van der Waals surface area contributed by atoms with Crippen molar-refractivity contribution < 1.29 is 10.2 Å². The van der Waals surface area contributed by atoms with Crippen LogP contribution >= 0.6 is 0 Å². The van der Waals surface area contributed by atoms with E-state index in [1.807, 2.05) is 90.2 Å². The topological polar surface area (TPSA) is 127 Å². The molecule has 4 heterocycles. The predicted molar refractivity (Wildman–Crippen MR) is 221 cm³/mol. The van der Waals surface area contributed by atoms with Gasteiger partial charge < -0.3 is 15.9 Å². The molecule has 8 aromatic rings. The maximum Gasteiger partial charge on any atom is 0.162 e. The van der Waals surface area contributed by atoms with E-state index in [-0.39, 0.29) is 5.54 Å². The first-order valence-corrected chi connectivity index (χ1v) is 19.3. The number of aliphatic hydroxyl groups is 2. The molecule has 0 amide bonds. The Morgan fingerprint density at radius 1 is 0.554 bits per heavy atom. The number of aromatic nitrogens is 6. The summed E-state index contributed by atoms with van der Waals surface area (Å²) in [5, 5.41) is 28.7. The molecule has 2 unspecified atom stereocenters. The highest BCUT2D eigenvalue weighted by molar-refractivity contribution is 5.79. The summed E-state index contributed by atoms with van der Waals surface area (Å²) >= 11 is 0. The molecule has 0 saturated heterocycles. The molecule has 0 spiro atoms. The van der Waals surface area contributed by atoms with E-state index in [0.29, 0.717) is 5.41 Å². The lowest BCUT2D eigenvalue weighted by atomic mass is 9.96. The van der Waals surface area contributed by atoms with E-state index in [1.165, 1.54) is 24.0 Å². The molecule has 2 aliphatic rings. The van der Waals surface area contributed by atoms with Crippen molar-refractivity contribution in [1.82, 2.24) is 29.2 Å². The number of fused-ring (bicyclic) bond motifs is 2. The van der Waals surface area contributed by atoms with Gasteiger partial charge in [0.05, 0.1) is 24.6 Å². The fourth-order valence-electron chi connectivity index (χ4n) is 7.35. The van der Waals surface area contributed by atoms with Crippen molar-refractivity contribution in [3.05, 3.63) is 156 Å². The molecule has 2 fully saturated rings. The standard InChI is InChI=1S/C24H23N3O.C23H22N4O/c1-16(28)18-4-3-5-19(12-18)22-14-26-27-15-20(13-25-23(22)27)17-6-8-21(9-7-17)24(2)10-11-24;1-15(28)17-3-2-4-18(11-17)21-13-26-27-14-19(12-25-22(21)27)16-5-7-20(8-6-16)23(24)9-10-23/h3-9,12-16,28H,10-11H2,1-2H3;2-8,11-15,28H,9-10,24H2,1H3. The van der Waals surface area contributed by atoms with Gasteiger partial charge in [-0.3, -0.25) is 0 Å². The SMILES string of the molecule is CC(O)c1cccc(-c2cnn3cc(-c4ccc(C5(C)CC5)cc4)cnc23)c1.CC(O)c1cccc(-c2cnn3cc(-c4ccc(C5(N)CC5)cc4)cnc23)c1. The molecule has 280 valence electrons. The Kier molecular flexibility index (Phi) is 8.88. The minimum Gasteiger partial charge on any atom is -0.389 e. The van der Waals surface area contributed by atoms with E-state index < -0.39 is 12.2 Å². The van der Waals surface area contributed by atoms with Gasteiger partial charge in [0.1, 0.15) is 0 Å². The van der Waals surface area contributed by atoms with Crippen LogP contribution in [0.5, 0.6) is 0 Å². The van der Waals surface area contributed by atoms with Gasteiger partial charge in [0.25, 0.3) is 0 Å². The van der Waals surface area contributed by atoms with Gasteiger partial charge in [0.15, 0.2) is 11.3 Å². The van der Waals surface area contributed by atoms with Crippen LogP contribution in [0.15, 0.2) is 134 Å². The van der Waals surface area contributed by atoms with E-state index in [2.05, 4.69) is 75.6 Å². The first-order chi connectivity index (χ1) is 27.1. The molecular formula is C47H45N7O2. The van der Waals surface area contributed by atoms with Crippen molar-refractivity contribution in [3.8, 4) is 44.5 Å². The van der Waals surface area contributed by atoms with Gasteiger partial charge in [-0.25, -0.2) is 19.0 Å². The van der Waals surface area contributed by atoms with E-state index in [4.69, 9.17) is 5.73 Å². The first kappa shape index (κ1) is 35.7. The highest BCUT2D eigenvalue weighted by Gasteiger charge is 2.40. The van der Waals surface area contributed by atoms with Crippen LogP contribution in [-0.2, 0) is 11.0 Å². The van der Waals surface area contributed by atoms with Crippen LogP contribution in [0.1, 0.15) is 80.9 Å². The summed E-state index contributed by atoms with van der Waals surface area (Å²) in [5.41, 5.74) is 20.8. The quantitative estimate of drug-likeness (QED) is 0.142. The highest BCUT2D eigenvalue weighted by Crippen LogP contribution is 2.48. The van der Waals surface area contributed by atoms with Crippen LogP contribution in [0.4, 0.5) is 0 Å². The van der Waals surface area contributed by atoms with E-state index >= 15 is 0 Å². The van der Waals surface area contributed by atoms with Crippen molar-refractivity contribution in [1.29, 1.82) is 0 Å². The number of hydrogen-bond acceptors (Lipinski definition) is 7. The maximum absolute atomic E-state index is 9.86. The zero-order valence-corrected chi connectivity index (χ0v) is 31.8. The lowest BCUT2D eigenvalue weighted by Crippen LogP contribution is -2.18. The van der Waals surface area contributed by atoms with Crippen molar-refractivity contribution >= 4 is 11.3 Å². The number of aliphatic hydroxyl groups excluding tert-OH is 2. The molecule has 10 rings (SSSR count). The van der Waals surface area contributed by atoms with Crippen LogP contribution in [0.25, 0.3) is 55.8 Å². The van der Waals surface area contributed by atoms with Crippen LogP contribution in [-0.4, -0.2) is 39.4 Å². The molecule has 4 aromatic heterocycles. The molecule has 4 aromatic carbocycles. The third-order valence-electron chi connectivity index (χ3n) is 11.6. The summed E-state index contributed by atoms with van der Waals surface area (Å²) in [4.78, 5) is 9.36. The lowest BCUT2D eigenvalue weighted by Gasteiger charge is -2.10. The van der Waals surface area contributed by atoms with Crippen molar-refractivity contribution in [2.75, 3.05) is 0 Å². The molecule has 0 aliphatic heterocycles. The van der Waals surface area contributed by atoms with Gasteiger partial charge in [-0.05, 0) is 102 Å².